The fourth-order valence-corrected chi connectivity index (χ4v) is 3.98. The van der Waals surface area contributed by atoms with Gasteiger partial charge in [-0.25, -0.2) is 0 Å². The van der Waals surface area contributed by atoms with E-state index in [2.05, 4.69) is 16.0 Å². The molecule has 2 aromatic rings. The van der Waals surface area contributed by atoms with Crippen LogP contribution in [0, 0.1) is 0 Å². The molecule has 4 rings (SSSR count). The molecule has 8 nitrogen and oxygen atoms in total. The second kappa shape index (κ2) is 7.98. The summed E-state index contributed by atoms with van der Waals surface area (Å²) in [5.41, 5.74) is 4.47. The van der Waals surface area contributed by atoms with Crippen molar-refractivity contribution in [1.82, 2.24) is 0 Å². The molecule has 0 saturated carbocycles. The molecule has 0 spiro atoms. The number of benzene rings is 2. The average Bonchev–Trinajstić information content (AvgIpc) is 2.70. The second-order valence-electron chi connectivity index (χ2n) is 7.46. The van der Waals surface area contributed by atoms with Crippen molar-refractivity contribution in [3.05, 3.63) is 47.5 Å². The van der Waals surface area contributed by atoms with Crippen molar-refractivity contribution < 1.29 is 19.2 Å². The Labute approximate surface area is 173 Å². The van der Waals surface area contributed by atoms with Crippen LogP contribution in [0.5, 0.6) is 0 Å². The Balaban J connectivity index is 1.47. The minimum atomic E-state index is -0.807. The van der Waals surface area contributed by atoms with Crippen LogP contribution in [0.1, 0.15) is 30.9 Å². The van der Waals surface area contributed by atoms with Gasteiger partial charge in [-0.2, -0.15) is 0 Å². The summed E-state index contributed by atoms with van der Waals surface area (Å²) in [5, 5.41) is 7.82. The van der Waals surface area contributed by atoms with Gasteiger partial charge in [0.05, 0.1) is 5.69 Å². The van der Waals surface area contributed by atoms with Gasteiger partial charge >= 0.3 is 11.8 Å². The zero-order valence-electron chi connectivity index (χ0n) is 16.6. The van der Waals surface area contributed by atoms with Crippen molar-refractivity contribution in [3.63, 3.8) is 0 Å². The number of anilines is 4. The first-order valence-corrected chi connectivity index (χ1v) is 9.87. The SMILES string of the molecule is CC(=O)Nc1cccc(NC(=O)C(=O)Nc2cc3c4c(c2)CCC(=O)N4CCC3)c1. The Hall–Kier alpha value is -3.68. The summed E-state index contributed by atoms with van der Waals surface area (Å²) in [7, 11) is 0. The van der Waals surface area contributed by atoms with Gasteiger partial charge in [-0.1, -0.05) is 6.07 Å². The third-order valence-corrected chi connectivity index (χ3v) is 5.18. The maximum atomic E-state index is 12.4. The lowest BCUT2D eigenvalue weighted by molar-refractivity contribution is -0.132. The quantitative estimate of drug-likeness (QED) is 0.681. The third-order valence-electron chi connectivity index (χ3n) is 5.18. The van der Waals surface area contributed by atoms with Gasteiger partial charge in [-0.3, -0.25) is 19.2 Å². The van der Waals surface area contributed by atoms with Gasteiger partial charge in [0.15, 0.2) is 0 Å². The smallest absolute Gasteiger partial charge is 0.314 e. The molecule has 0 radical (unpaired) electrons. The van der Waals surface area contributed by atoms with E-state index in [0.29, 0.717) is 29.9 Å². The van der Waals surface area contributed by atoms with Gasteiger partial charge in [0, 0.05) is 37.0 Å². The maximum absolute atomic E-state index is 12.4. The van der Waals surface area contributed by atoms with Gasteiger partial charge in [0.1, 0.15) is 0 Å². The van der Waals surface area contributed by atoms with Crippen LogP contribution in [0.3, 0.4) is 0 Å². The summed E-state index contributed by atoms with van der Waals surface area (Å²) in [5.74, 6) is -1.68. The second-order valence-corrected chi connectivity index (χ2v) is 7.46. The number of amides is 4. The van der Waals surface area contributed by atoms with E-state index in [4.69, 9.17) is 0 Å². The van der Waals surface area contributed by atoms with Crippen molar-refractivity contribution in [2.24, 2.45) is 0 Å². The first-order chi connectivity index (χ1) is 14.4. The molecule has 3 N–H and O–H groups in total. The fraction of sp³-hybridized carbons (Fsp3) is 0.273. The summed E-state index contributed by atoms with van der Waals surface area (Å²) >= 11 is 0. The van der Waals surface area contributed by atoms with Crippen molar-refractivity contribution >= 4 is 46.4 Å². The molecule has 0 atom stereocenters. The van der Waals surface area contributed by atoms with E-state index in [1.165, 1.54) is 6.92 Å². The largest absolute Gasteiger partial charge is 0.326 e. The maximum Gasteiger partial charge on any atom is 0.314 e. The highest BCUT2D eigenvalue weighted by Crippen LogP contribution is 2.37. The Morgan fingerprint density at radius 1 is 0.833 bits per heavy atom. The van der Waals surface area contributed by atoms with Gasteiger partial charge in [-0.15, -0.1) is 0 Å². The molecule has 154 valence electrons. The summed E-state index contributed by atoms with van der Waals surface area (Å²) in [6, 6.07) is 10.2. The molecule has 2 aliphatic heterocycles. The molecule has 4 amide bonds. The zero-order chi connectivity index (χ0) is 21.3. The number of rotatable bonds is 3. The van der Waals surface area contributed by atoms with Crippen molar-refractivity contribution in [3.8, 4) is 0 Å². The van der Waals surface area contributed by atoms with Gasteiger partial charge in [-0.05, 0) is 60.7 Å². The number of nitrogens with zero attached hydrogens (tertiary/aromatic N) is 1. The number of hydrogen-bond acceptors (Lipinski definition) is 4. The molecule has 0 bridgehead atoms. The number of carbonyl (C=O) groups excluding carboxylic acids is 4. The molecule has 0 fully saturated rings. The van der Waals surface area contributed by atoms with E-state index in [1.807, 2.05) is 17.0 Å². The van der Waals surface area contributed by atoms with Crippen LogP contribution >= 0.6 is 0 Å². The van der Waals surface area contributed by atoms with Crippen LogP contribution in [0.15, 0.2) is 36.4 Å². The van der Waals surface area contributed by atoms with E-state index >= 15 is 0 Å². The number of carbonyl (C=O) groups is 4. The lowest BCUT2D eigenvalue weighted by atomic mass is 9.91. The van der Waals surface area contributed by atoms with Gasteiger partial charge < -0.3 is 20.9 Å². The monoisotopic (exact) mass is 406 g/mol. The minimum Gasteiger partial charge on any atom is -0.326 e. The molecule has 8 heteroatoms. The summed E-state index contributed by atoms with van der Waals surface area (Å²) in [6.07, 6.45) is 2.79. The summed E-state index contributed by atoms with van der Waals surface area (Å²) in [6.45, 7) is 2.12. The Morgan fingerprint density at radius 3 is 2.17 bits per heavy atom. The van der Waals surface area contributed by atoms with E-state index < -0.39 is 11.8 Å². The van der Waals surface area contributed by atoms with Crippen LogP contribution in [0.2, 0.25) is 0 Å². The van der Waals surface area contributed by atoms with Crippen molar-refractivity contribution in [2.45, 2.75) is 32.6 Å². The topological polar surface area (TPSA) is 108 Å². The Bertz CT molecular complexity index is 1050. The highest BCUT2D eigenvalue weighted by molar-refractivity contribution is 6.43. The third kappa shape index (κ3) is 4.03. The number of hydrogen-bond donors (Lipinski definition) is 3. The van der Waals surface area contributed by atoms with E-state index in [-0.39, 0.29) is 11.8 Å². The fourth-order valence-electron chi connectivity index (χ4n) is 3.98. The van der Waals surface area contributed by atoms with E-state index in [0.717, 1.165) is 36.2 Å². The molecule has 30 heavy (non-hydrogen) atoms. The molecule has 0 aromatic heterocycles. The van der Waals surface area contributed by atoms with E-state index in [1.54, 1.807) is 24.3 Å². The van der Waals surface area contributed by atoms with Crippen LogP contribution in [-0.2, 0) is 32.0 Å². The highest BCUT2D eigenvalue weighted by Gasteiger charge is 2.30. The standard InChI is InChI=1S/C22H22N4O4/c1-13(27)23-16-5-2-6-17(12-16)24-21(29)22(30)25-18-10-14-4-3-9-26-19(28)8-7-15(11-18)20(14)26/h2,5-6,10-12H,3-4,7-9H2,1H3,(H,23,27)(H,24,29)(H,25,30). The van der Waals surface area contributed by atoms with E-state index in [9.17, 15) is 19.2 Å². The van der Waals surface area contributed by atoms with Crippen LogP contribution in [0.25, 0.3) is 0 Å². The Kier molecular flexibility index (Phi) is 5.22. The number of nitrogens with one attached hydrogen (secondary N) is 3. The summed E-state index contributed by atoms with van der Waals surface area (Å²) < 4.78 is 0. The minimum absolute atomic E-state index is 0.140. The molecular weight excluding hydrogens is 384 g/mol. The van der Waals surface area contributed by atoms with Crippen LogP contribution < -0.4 is 20.9 Å². The Morgan fingerprint density at radius 2 is 1.47 bits per heavy atom. The lowest BCUT2D eigenvalue weighted by Gasteiger charge is -2.35. The predicted octanol–water partition coefficient (Wildman–Crippen LogP) is 2.45. The predicted molar refractivity (Wildman–Crippen MR) is 113 cm³/mol. The summed E-state index contributed by atoms with van der Waals surface area (Å²) in [4.78, 5) is 49.9. The molecular formula is C22H22N4O4. The van der Waals surface area contributed by atoms with Gasteiger partial charge in [0.25, 0.3) is 0 Å². The molecule has 2 aromatic carbocycles. The van der Waals surface area contributed by atoms with Crippen molar-refractivity contribution in [1.29, 1.82) is 0 Å². The molecule has 0 unspecified atom stereocenters. The normalized spacial score (nSPS) is 14.6. The van der Waals surface area contributed by atoms with Crippen LogP contribution in [0.4, 0.5) is 22.7 Å². The molecule has 2 aliphatic rings. The molecule has 0 saturated heterocycles. The first-order valence-electron chi connectivity index (χ1n) is 9.87. The number of aryl methyl sites for hydroxylation is 2. The van der Waals surface area contributed by atoms with Crippen molar-refractivity contribution in [2.75, 3.05) is 27.4 Å². The highest BCUT2D eigenvalue weighted by atomic mass is 16.2. The lowest BCUT2D eigenvalue weighted by Crippen LogP contribution is -2.39. The average molecular weight is 406 g/mol. The van der Waals surface area contributed by atoms with Gasteiger partial charge in [0.2, 0.25) is 11.8 Å². The molecule has 0 aliphatic carbocycles. The first kappa shape index (κ1) is 19.6. The zero-order valence-corrected chi connectivity index (χ0v) is 16.6. The van der Waals surface area contributed by atoms with Crippen LogP contribution in [-0.4, -0.2) is 30.2 Å². The molecule has 2 heterocycles.